The largest absolute Gasteiger partial charge is 0.497 e. The van der Waals surface area contributed by atoms with Gasteiger partial charge in [0.2, 0.25) is 11.8 Å². The van der Waals surface area contributed by atoms with Crippen molar-refractivity contribution in [1.29, 1.82) is 0 Å². The van der Waals surface area contributed by atoms with Gasteiger partial charge in [-0.2, -0.15) is 0 Å². The summed E-state index contributed by atoms with van der Waals surface area (Å²) in [6.07, 6.45) is 1.92. The maximum Gasteiger partial charge on any atom is 0.242 e. The highest BCUT2D eigenvalue weighted by molar-refractivity contribution is 8.00. The van der Waals surface area contributed by atoms with Crippen LogP contribution in [0.1, 0.15) is 23.7 Å². The van der Waals surface area contributed by atoms with Gasteiger partial charge in [0.15, 0.2) is 0 Å². The Balaban J connectivity index is 1.52. The van der Waals surface area contributed by atoms with Gasteiger partial charge in [-0.3, -0.25) is 9.59 Å². The fraction of sp³-hybridized carbons (Fsp3) is 0.200. The number of benzene rings is 3. The molecule has 1 fully saturated rings. The lowest BCUT2D eigenvalue weighted by Gasteiger charge is -2.18. The van der Waals surface area contributed by atoms with Gasteiger partial charge in [0.1, 0.15) is 11.0 Å². The summed E-state index contributed by atoms with van der Waals surface area (Å²) in [4.78, 5) is 26.2. The van der Waals surface area contributed by atoms with Gasteiger partial charge in [-0.1, -0.05) is 36.4 Å². The van der Waals surface area contributed by atoms with E-state index in [0.717, 1.165) is 34.7 Å². The van der Waals surface area contributed by atoms with Gasteiger partial charge in [-0.15, -0.1) is 11.8 Å². The van der Waals surface area contributed by atoms with E-state index < -0.39 is 5.25 Å². The Hall–Kier alpha value is -3.25. The smallest absolute Gasteiger partial charge is 0.242 e. The minimum Gasteiger partial charge on any atom is -0.497 e. The highest BCUT2D eigenvalue weighted by atomic mass is 32.2. The second kappa shape index (κ2) is 9.71. The molecule has 1 aliphatic carbocycles. The maximum atomic E-state index is 13.2. The summed E-state index contributed by atoms with van der Waals surface area (Å²) in [6.45, 7) is 0. The summed E-state index contributed by atoms with van der Waals surface area (Å²) >= 11 is 1.45. The zero-order valence-corrected chi connectivity index (χ0v) is 18.0. The Bertz CT molecular complexity index is 1050. The molecular formula is C25H24N2O3S. The number of anilines is 2. The van der Waals surface area contributed by atoms with Crippen LogP contribution in [0.3, 0.4) is 0 Å². The van der Waals surface area contributed by atoms with Crippen molar-refractivity contribution in [2.45, 2.75) is 23.0 Å². The van der Waals surface area contributed by atoms with E-state index in [1.807, 2.05) is 78.9 Å². The molecule has 1 saturated carbocycles. The van der Waals surface area contributed by atoms with Gasteiger partial charge in [-0.25, -0.2) is 0 Å². The first-order valence-electron chi connectivity index (χ1n) is 10.2. The van der Waals surface area contributed by atoms with Gasteiger partial charge in [-0.05, 0) is 60.9 Å². The van der Waals surface area contributed by atoms with Crippen LogP contribution < -0.4 is 15.4 Å². The molecule has 0 saturated heterocycles. The molecule has 0 heterocycles. The summed E-state index contributed by atoms with van der Waals surface area (Å²) in [5.74, 6) is 0.827. The molecule has 31 heavy (non-hydrogen) atoms. The fourth-order valence-electron chi connectivity index (χ4n) is 3.16. The number of carbonyl (C=O) groups is 2. The summed E-state index contributed by atoms with van der Waals surface area (Å²) in [5.41, 5.74) is 2.37. The van der Waals surface area contributed by atoms with Crippen LogP contribution in [0.5, 0.6) is 5.75 Å². The van der Waals surface area contributed by atoms with E-state index in [2.05, 4.69) is 10.6 Å². The first-order chi connectivity index (χ1) is 15.1. The van der Waals surface area contributed by atoms with Gasteiger partial charge < -0.3 is 15.4 Å². The number of amides is 2. The third-order valence-corrected chi connectivity index (χ3v) is 6.25. The Labute approximate surface area is 186 Å². The van der Waals surface area contributed by atoms with Crippen LogP contribution in [0.15, 0.2) is 83.8 Å². The van der Waals surface area contributed by atoms with Crippen molar-refractivity contribution >= 4 is 35.0 Å². The topological polar surface area (TPSA) is 67.4 Å². The lowest BCUT2D eigenvalue weighted by atomic mass is 10.1. The SMILES string of the molecule is COc1ccc(NC(=O)C(Sc2cccc(NC(=O)C3CC3)c2)c2ccccc2)cc1. The molecule has 2 amide bonds. The molecular weight excluding hydrogens is 408 g/mol. The van der Waals surface area contributed by atoms with Crippen LogP contribution in [-0.2, 0) is 9.59 Å². The van der Waals surface area contributed by atoms with Crippen LogP contribution in [0, 0.1) is 5.92 Å². The van der Waals surface area contributed by atoms with Crippen molar-refractivity contribution in [1.82, 2.24) is 0 Å². The zero-order chi connectivity index (χ0) is 21.6. The first-order valence-corrected chi connectivity index (χ1v) is 11.1. The van der Waals surface area contributed by atoms with Crippen molar-refractivity contribution in [3.63, 3.8) is 0 Å². The summed E-state index contributed by atoms with van der Waals surface area (Å²) in [6, 6.07) is 24.6. The van der Waals surface area contributed by atoms with E-state index in [0.29, 0.717) is 5.69 Å². The molecule has 3 aromatic carbocycles. The number of carbonyl (C=O) groups excluding carboxylic acids is 2. The van der Waals surface area contributed by atoms with Crippen LogP contribution in [0.25, 0.3) is 0 Å². The van der Waals surface area contributed by atoms with Crippen LogP contribution >= 0.6 is 11.8 Å². The van der Waals surface area contributed by atoms with E-state index >= 15 is 0 Å². The van der Waals surface area contributed by atoms with Crippen molar-refractivity contribution in [2.75, 3.05) is 17.7 Å². The Morgan fingerprint density at radius 1 is 0.903 bits per heavy atom. The molecule has 5 nitrogen and oxygen atoms in total. The first kappa shape index (κ1) is 21.0. The molecule has 0 spiro atoms. The van der Waals surface area contributed by atoms with E-state index in [9.17, 15) is 9.59 Å². The number of methoxy groups -OCH3 is 1. The number of nitrogens with one attached hydrogen (secondary N) is 2. The van der Waals surface area contributed by atoms with Crippen molar-refractivity contribution in [3.05, 3.63) is 84.4 Å². The molecule has 4 rings (SSSR count). The van der Waals surface area contributed by atoms with E-state index in [-0.39, 0.29) is 17.7 Å². The molecule has 1 atom stereocenters. The fourth-order valence-corrected chi connectivity index (χ4v) is 4.24. The summed E-state index contributed by atoms with van der Waals surface area (Å²) in [7, 11) is 1.61. The minimum atomic E-state index is -0.447. The van der Waals surface area contributed by atoms with Crippen LogP contribution in [-0.4, -0.2) is 18.9 Å². The van der Waals surface area contributed by atoms with Crippen molar-refractivity contribution in [3.8, 4) is 5.75 Å². The Morgan fingerprint density at radius 3 is 2.32 bits per heavy atom. The third kappa shape index (κ3) is 5.67. The maximum absolute atomic E-state index is 13.2. The minimum absolute atomic E-state index is 0.0685. The Morgan fingerprint density at radius 2 is 1.65 bits per heavy atom. The van der Waals surface area contributed by atoms with Gasteiger partial charge in [0, 0.05) is 22.2 Å². The number of hydrogen-bond donors (Lipinski definition) is 2. The lowest BCUT2D eigenvalue weighted by Crippen LogP contribution is -2.19. The molecule has 2 N–H and O–H groups in total. The van der Waals surface area contributed by atoms with Gasteiger partial charge in [0.05, 0.1) is 7.11 Å². The number of ether oxygens (including phenoxy) is 1. The molecule has 158 valence electrons. The number of rotatable bonds is 8. The summed E-state index contributed by atoms with van der Waals surface area (Å²) < 4.78 is 5.18. The van der Waals surface area contributed by atoms with Gasteiger partial charge in [0.25, 0.3) is 0 Å². The van der Waals surface area contributed by atoms with Crippen molar-refractivity contribution in [2.24, 2.45) is 5.92 Å². The van der Waals surface area contributed by atoms with E-state index in [1.165, 1.54) is 11.8 Å². The summed E-state index contributed by atoms with van der Waals surface area (Å²) in [5, 5.41) is 5.52. The molecule has 0 bridgehead atoms. The second-order valence-corrected chi connectivity index (χ2v) is 8.60. The monoisotopic (exact) mass is 432 g/mol. The molecule has 6 heteroatoms. The second-order valence-electron chi connectivity index (χ2n) is 7.42. The molecule has 3 aromatic rings. The molecule has 0 radical (unpaired) electrons. The molecule has 1 aliphatic rings. The van der Waals surface area contributed by atoms with Crippen LogP contribution in [0.4, 0.5) is 11.4 Å². The van der Waals surface area contributed by atoms with E-state index in [4.69, 9.17) is 4.74 Å². The average molecular weight is 433 g/mol. The van der Waals surface area contributed by atoms with E-state index in [1.54, 1.807) is 7.11 Å². The standard InChI is InChI=1S/C25H24N2O3S/c1-30-21-14-12-19(13-15-21)26-25(29)23(17-6-3-2-4-7-17)31-22-9-5-8-20(16-22)27-24(28)18-10-11-18/h2-9,12-16,18,23H,10-11H2,1H3,(H,26,29)(H,27,28). The number of hydrogen-bond acceptors (Lipinski definition) is 4. The lowest BCUT2D eigenvalue weighted by molar-refractivity contribution is -0.117. The van der Waals surface area contributed by atoms with Crippen molar-refractivity contribution < 1.29 is 14.3 Å². The quantitative estimate of drug-likeness (QED) is 0.460. The molecule has 0 aliphatic heterocycles. The third-order valence-electron chi connectivity index (χ3n) is 5.00. The zero-order valence-electron chi connectivity index (χ0n) is 17.2. The number of thioether (sulfide) groups is 1. The van der Waals surface area contributed by atoms with Gasteiger partial charge >= 0.3 is 0 Å². The predicted molar refractivity (Wildman–Crippen MR) is 124 cm³/mol. The molecule has 1 unspecified atom stereocenters. The van der Waals surface area contributed by atoms with Crippen LogP contribution in [0.2, 0.25) is 0 Å². The predicted octanol–water partition coefficient (Wildman–Crippen LogP) is 5.52. The highest BCUT2D eigenvalue weighted by Crippen LogP contribution is 2.37. The molecule has 0 aromatic heterocycles. The normalized spacial score (nSPS) is 13.8. The Kier molecular flexibility index (Phi) is 6.57. The highest BCUT2D eigenvalue weighted by Gasteiger charge is 2.29. The average Bonchev–Trinajstić information content (AvgIpc) is 3.64.